The van der Waals surface area contributed by atoms with Crippen molar-refractivity contribution in [3.8, 4) is 0 Å². The molecule has 14 nitrogen and oxygen atoms in total. The maximum absolute atomic E-state index is 14.3. The van der Waals surface area contributed by atoms with Gasteiger partial charge in [-0.05, 0) is 69.6 Å². The third kappa shape index (κ3) is 11.2. The molecule has 0 radical (unpaired) electrons. The van der Waals surface area contributed by atoms with Gasteiger partial charge in [0.05, 0.1) is 30.2 Å². The lowest BCUT2D eigenvalue weighted by Crippen LogP contribution is -2.61. The first-order chi connectivity index (χ1) is 27.3. The van der Waals surface area contributed by atoms with Gasteiger partial charge < -0.3 is 26.4 Å². The van der Waals surface area contributed by atoms with Crippen LogP contribution in [0.1, 0.15) is 85.8 Å². The van der Waals surface area contributed by atoms with Crippen LogP contribution in [-0.4, -0.2) is 92.3 Å². The average Bonchev–Trinajstić information content (AvgIpc) is 3.19. The van der Waals surface area contributed by atoms with Crippen molar-refractivity contribution in [1.29, 1.82) is 0 Å². The molecule has 1 saturated heterocycles. The minimum absolute atomic E-state index is 0.0259. The number of piperidine rings is 1. The Bertz CT molecular complexity index is 2040. The number of ether oxygens (including phenoxy) is 1. The lowest BCUT2D eigenvalue weighted by atomic mass is 9.72. The lowest BCUT2D eigenvalue weighted by Gasteiger charge is -2.47. The number of benzene rings is 2. The van der Waals surface area contributed by atoms with E-state index in [0.29, 0.717) is 30.3 Å². The number of esters is 1. The van der Waals surface area contributed by atoms with Crippen LogP contribution in [-0.2, 0) is 25.5 Å². The Morgan fingerprint density at radius 3 is 2.35 bits per heavy atom. The number of nitrogens with two attached hydrogens (primary N) is 1. The molecule has 2 aromatic carbocycles. The summed E-state index contributed by atoms with van der Waals surface area (Å²) >= 11 is 0. The maximum atomic E-state index is 14.3. The number of hydrogen-bond acceptors (Lipinski definition) is 10. The number of nitrogens with one attached hydrogen (secondary N) is 3. The Labute approximate surface area is 332 Å². The minimum atomic E-state index is -1.39. The number of pyridine rings is 1. The second-order valence-corrected chi connectivity index (χ2v) is 16.2. The van der Waals surface area contributed by atoms with Crippen molar-refractivity contribution in [2.45, 2.75) is 95.5 Å². The molecule has 300 valence electrons. The fraction of sp³-hybridized carbons (Fsp3) is 0.442. The van der Waals surface area contributed by atoms with E-state index in [4.69, 9.17) is 10.5 Å². The number of hydrogen-bond donors (Lipinski definition) is 4. The Morgan fingerprint density at radius 1 is 0.895 bits per heavy atom. The molecule has 2 aromatic heterocycles. The Morgan fingerprint density at radius 2 is 1.63 bits per heavy atom. The van der Waals surface area contributed by atoms with E-state index in [-0.39, 0.29) is 30.3 Å². The number of carbonyl (C=O) groups excluding carboxylic acids is 5. The van der Waals surface area contributed by atoms with Gasteiger partial charge >= 0.3 is 5.97 Å². The highest BCUT2D eigenvalue weighted by Gasteiger charge is 2.43. The van der Waals surface area contributed by atoms with E-state index in [2.05, 4.69) is 35.8 Å². The van der Waals surface area contributed by atoms with Crippen molar-refractivity contribution in [2.24, 2.45) is 17.6 Å². The van der Waals surface area contributed by atoms with Gasteiger partial charge in [-0.25, -0.2) is 14.8 Å². The molecule has 57 heavy (non-hydrogen) atoms. The predicted molar refractivity (Wildman–Crippen MR) is 213 cm³/mol. The summed E-state index contributed by atoms with van der Waals surface area (Å²) in [5.41, 5.74) is 6.58. The molecule has 5 N–H and O–H groups in total. The SMILES string of the molecule is CC(C)(C)NC(=O)[C@@H]1C[C@@H]2CCCC[C@@H]2CN1C[C@@H](OC(=O)c1cnccn1)[C@H](Cc1ccccc1)NC(=O)[C@H](CC(N)=O)NC(=O)c1ccc2ccccc2n1. The van der Waals surface area contributed by atoms with E-state index in [1.165, 1.54) is 18.6 Å². The molecule has 1 saturated carbocycles. The molecule has 6 rings (SSSR count). The first-order valence-electron chi connectivity index (χ1n) is 19.7. The predicted octanol–water partition coefficient (Wildman–Crippen LogP) is 3.75. The van der Waals surface area contributed by atoms with E-state index in [1.807, 2.05) is 63.2 Å². The summed E-state index contributed by atoms with van der Waals surface area (Å²) in [5, 5.41) is 9.67. The normalized spacial score (nSPS) is 19.9. The largest absolute Gasteiger partial charge is 0.454 e. The van der Waals surface area contributed by atoms with Gasteiger partial charge in [0.25, 0.3) is 5.91 Å². The van der Waals surface area contributed by atoms with Crippen LogP contribution in [0.15, 0.2) is 85.3 Å². The Hall–Kier alpha value is -5.76. The number of likely N-dealkylation sites (tertiary alicyclic amines) is 1. The monoisotopic (exact) mass is 776 g/mol. The molecule has 4 amide bonds. The molecule has 14 heteroatoms. The van der Waals surface area contributed by atoms with Crippen molar-refractivity contribution in [3.63, 3.8) is 0 Å². The number of amides is 4. The van der Waals surface area contributed by atoms with Gasteiger partial charge in [-0.2, -0.15) is 0 Å². The van der Waals surface area contributed by atoms with Gasteiger partial charge in [0.1, 0.15) is 17.8 Å². The van der Waals surface area contributed by atoms with E-state index < -0.39 is 59.9 Å². The van der Waals surface area contributed by atoms with Crippen LogP contribution in [0.3, 0.4) is 0 Å². The average molecular weight is 777 g/mol. The Kier molecular flexibility index (Phi) is 13.2. The summed E-state index contributed by atoms with van der Waals surface area (Å²) in [6.07, 6.45) is 7.77. The van der Waals surface area contributed by atoms with Crippen LogP contribution in [0.5, 0.6) is 0 Å². The molecule has 0 bridgehead atoms. The van der Waals surface area contributed by atoms with Crippen LogP contribution >= 0.6 is 0 Å². The molecule has 1 aliphatic heterocycles. The molecule has 3 heterocycles. The lowest BCUT2D eigenvalue weighted by molar-refractivity contribution is -0.133. The van der Waals surface area contributed by atoms with Crippen molar-refractivity contribution in [1.82, 2.24) is 35.8 Å². The van der Waals surface area contributed by atoms with E-state index in [0.717, 1.165) is 36.6 Å². The number of primary amides is 1. The van der Waals surface area contributed by atoms with Crippen molar-refractivity contribution in [2.75, 3.05) is 13.1 Å². The first-order valence-corrected chi connectivity index (χ1v) is 19.7. The maximum Gasteiger partial charge on any atom is 0.358 e. The quantitative estimate of drug-likeness (QED) is 0.137. The van der Waals surface area contributed by atoms with Gasteiger partial charge in [0.2, 0.25) is 17.7 Å². The zero-order chi connectivity index (χ0) is 40.5. The first kappa shape index (κ1) is 40.9. The summed E-state index contributed by atoms with van der Waals surface area (Å²) in [6, 6.07) is 17.2. The molecule has 0 spiro atoms. The third-order valence-electron chi connectivity index (χ3n) is 10.7. The molecule has 2 aliphatic rings. The fourth-order valence-electron chi connectivity index (χ4n) is 7.97. The zero-order valence-electron chi connectivity index (χ0n) is 32.7. The van der Waals surface area contributed by atoms with Crippen molar-refractivity contribution < 1.29 is 28.7 Å². The molecule has 4 aromatic rings. The Balaban J connectivity index is 1.33. The minimum Gasteiger partial charge on any atom is -0.454 e. The number of rotatable bonds is 14. The summed E-state index contributed by atoms with van der Waals surface area (Å²) in [7, 11) is 0. The van der Waals surface area contributed by atoms with Gasteiger partial charge in [0.15, 0.2) is 5.69 Å². The number of aromatic nitrogens is 3. The zero-order valence-corrected chi connectivity index (χ0v) is 32.7. The van der Waals surface area contributed by atoms with Gasteiger partial charge in [-0.3, -0.25) is 29.1 Å². The third-order valence-corrected chi connectivity index (χ3v) is 10.7. The van der Waals surface area contributed by atoms with Gasteiger partial charge in [-0.1, -0.05) is 73.9 Å². The standard InChI is InChI=1S/C43H52N8O6/c1-43(2,3)50-41(55)36-22-29-14-7-8-15-30(29)25-51(36)26-37(57-42(56)35-24-45-19-20-46-35)33(21-27-11-5-4-6-12-27)48-40(54)34(23-38(44)52)49-39(53)32-18-17-28-13-9-10-16-31(28)47-32/h4-6,9-13,16-20,24,29-30,33-34,36-37H,7-8,14-15,21-23,25-26H2,1-3H3,(H2,44,52)(H,48,54)(H,49,53)(H,50,55)/t29-,30+,33-,34-,36-,37+/m0/s1. The van der Waals surface area contributed by atoms with E-state index in [1.54, 1.807) is 24.3 Å². The summed E-state index contributed by atoms with van der Waals surface area (Å²) < 4.78 is 6.27. The number of fused-ring (bicyclic) bond motifs is 2. The molecule has 2 fully saturated rings. The van der Waals surface area contributed by atoms with Crippen LogP contribution < -0.4 is 21.7 Å². The van der Waals surface area contributed by atoms with Gasteiger partial charge in [-0.15, -0.1) is 0 Å². The number of nitrogens with zero attached hydrogens (tertiary/aromatic N) is 4. The second-order valence-electron chi connectivity index (χ2n) is 16.2. The molecule has 6 atom stereocenters. The van der Waals surface area contributed by atoms with Crippen molar-refractivity contribution in [3.05, 3.63) is 102 Å². The molecular weight excluding hydrogens is 725 g/mol. The highest BCUT2D eigenvalue weighted by Crippen LogP contribution is 2.39. The fourth-order valence-corrected chi connectivity index (χ4v) is 7.97. The molecule has 1 aliphatic carbocycles. The summed E-state index contributed by atoms with van der Waals surface area (Å²) in [6.45, 7) is 6.53. The highest BCUT2D eigenvalue weighted by atomic mass is 16.5. The van der Waals surface area contributed by atoms with Crippen LogP contribution in [0.25, 0.3) is 10.9 Å². The molecule has 0 unspecified atom stereocenters. The second kappa shape index (κ2) is 18.5. The van der Waals surface area contributed by atoms with E-state index in [9.17, 15) is 24.0 Å². The summed E-state index contributed by atoms with van der Waals surface area (Å²) in [5.74, 6) is -2.31. The summed E-state index contributed by atoms with van der Waals surface area (Å²) in [4.78, 5) is 82.7. The van der Waals surface area contributed by atoms with Crippen LogP contribution in [0.2, 0.25) is 0 Å². The van der Waals surface area contributed by atoms with Crippen LogP contribution in [0.4, 0.5) is 0 Å². The van der Waals surface area contributed by atoms with E-state index >= 15 is 0 Å². The van der Waals surface area contributed by atoms with Crippen LogP contribution in [0, 0.1) is 11.8 Å². The van der Waals surface area contributed by atoms with Gasteiger partial charge in [0, 0.05) is 36.4 Å². The molecular formula is C43H52N8O6. The smallest absolute Gasteiger partial charge is 0.358 e. The number of carbonyl (C=O) groups is 5. The number of para-hydroxylation sites is 1. The highest BCUT2D eigenvalue weighted by molar-refractivity contribution is 5.99. The topological polar surface area (TPSA) is 199 Å². The van der Waals surface area contributed by atoms with Crippen molar-refractivity contribution >= 4 is 40.5 Å².